The van der Waals surface area contributed by atoms with Gasteiger partial charge in [-0.3, -0.25) is 0 Å². The average molecular weight is 206 g/mol. The Hall–Kier alpha value is -1.38. The molecule has 0 saturated carbocycles. The summed E-state index contributed by atoms with van der Waals surface area (Å²) in [5.41, 5.74) is 2.11. The molecule has 0 amide bonds. The zero-order chi connectivity index (χ0) is 10.3. The summed E-state index contributed by atoms with van der Waals surface area (Å²) in [6.07, 6.45) is 3.93. The van der Waals surface area contributed by atoms with E-state index in [-0.39, 0.29) is 0 Å². The van der Waals surface area contributed by atoms with E-state index in [0.29, 0.717) is 5.75 Å². The first-order valence-corrected chi connectivity index (χ1v) is 5.49. The van der Waals surface area contributed by atoms with Gasteiger partial charge < -0.3 is 14.6 Å². The summed E-state index contributed by atoms with van der Waals surface area (Å²) >= 11 is 0. The molecule has 3 heteroatoms. The van der Waals surface area contributed by atoms with Gasteiger partial charge in [0.15, 0.2) is 0 Å². The van der Waals surface area contributed by atoms with E-state index in [1.165, 1.54) is 0 Å². The largest absolute Gasteiger partial charge is 0.507 e. The number of benzene rings is 1. The van der Waals surface area contributed by atoms with Crippen molar-refractivity contribution in [3.05, 3.63) is 17.2 Å². The van der Waals surface area contributed by atoms with Gasteiger partial charge in [0, 0.05) is 17.2 Å². The Morgan fingerprint density at radius 1 is 1.00 bits per heavy atom. The number of phenolic OH excluding ortho intramolecular Hbond substituents is 1. The van der Waals surface area contributed by atoms with Crippen molar-refractivity contribution in [1.29, 1.82) is 0 Å². The molecule has 0 aliphatic carbocycles. The van der Waals surface area contributed by atoms with Gasteiger partial charge in [-0.2, -0.15) is 0 Å². The van der Waals surface area contributed by atoms with Gasteiger partial charge in [-0.1, -0.05) is 0 Å². The normalized spacial score (nSPS) is 18.4. The lowest BCUT2D eigenvalue weighted by Crippen LogP contribution is -2.15. The van der Waals surface area contributed by atoms with E-state index in [4.69, 9.17) is 9.47 Å². The molecule has 2 heterocycles. The Balaban J connectivity index is 2.18. The Kier molecular flexibility index (Phi) is 1.97. The van der Waals surface area contributed by atoms with Gasteiger partial charge in [-0.15, -0.1) is 0 Å². The number of phenols is 1. The van der Waals surface area contributed by atoms with Gasteiger partial charge in [0.1, 0.15) is 17.2 Å². The molecule has 0 spiro atoms. The predicted octanol–water partition coefficient (Wildman–Crippen LogP) is 2.04. The monoisotopic (exact) mass is 206 g/mol. The number of ether oxygens (including phenoxy) is 2. The maximum atomic E-state index is 9.85. The second kappa shape index (κ2) is 3.33. The van der Waals surface area contributed by atoms with Gasteiger partial charge in [0.25, 0.3) is 0 Å². The van der Waals surface area contributed by atoms with Gasteiger partial charge >= 0.3 is 0 Å². The molecule has 1 N–H and O–H groups in total. The third-order valence-corrected chi connectivity index (χ3v) is 3.07. The third kappa shape index (κ3) is 1.34. The van der Waals surface area contributed by atoms with E-state index < -0.39 is 0 Å². The molecule has 0 bridgehead atoms. The van der Waals surface area contributed by atoms with Gasteiger partial charge in [-0.05, 0) is 25.7 Å². The molecule has 2 aliphatic rings. The van der Waals surface area contributed by atoms with E-state index in [1.54, 1.807) is 6.07 Å². The number of hydrogen-bond donors (Lipinski definition) is 1. The Labute approximate surface area is 88.6 Å². The highest BCUT2D eigenvalue weighted by molar-refractivity contribution is 5.58. The molecule has 0 saturated heterocycles. The fourth-order valence-corrected chi connectivity index (χ4v) is 2.34. The molecule has 0 atom stereocenters. The molecule has 0 unspecified atom stereocenters. The standard InChI is InChI=1S/C12H14O3/c13-10-7-11-9(4-2-5-14-11)12-8(10)3-1-6-15-12/h7,13H,1-6H2. The van der Waals surface area contributed by atoms with Crippen LogP contribution >= 0.6 is 0 Å². The summed E-state index contributed by atoms with van der Waals surface area (Å²) in [4.78, 5) is 0. The molecule has 0 aromatic heterocycles. The molecule has 3 nitrogen and oxygen atoms in total. The third-order valence-electron chi connectivity index (χ3n) is 3.07. The highest BCUT2D eigenvalue weighted by atomic mass is 16.5. The highest BCUT2D eigenvalue weighted by Gasteiger charge is 2.24. The van der Waals surface area contributed by atoms with Gasteiger partial charge in [-0.25, -0.2) is 0 Å². The zero-order valence-electron chi connectivity index (χ0n) is 8.58. The van der Waals surface area contributed by atoms with Crippen molar-refractivity contribution in [1.82, 2.24) is 0 Å². The second-order valence-corrected chi connectivity index (χ2v) is 4.08. The number of hydrogen-bond acceptors (Lipinski definition) is 3. The van der Waals surface area contributed by atoms with Crippen LogP contribution in [-0.4, -0.2) is 18.3 Å². The Bertz CT molecular complexity index is 398. The van der Waals surface area contributed by atoms with Gasteiger partial charge in [0.2, 0.25) is 0 Å². The molecule has 0 radical (unpaired) electrons. The molecule has 0 fully saturated rings. The van der Waals surface area contributed by atoms with Crippen LogP contribution in [0, 0.1) is 0 Å². The van der Waals surface area contributed by atoms with Crippen LogP contribution in [0.4, 0.5) is 0 Å². The van der Waals surface area contributed by atoms with Crippen LogP contribution in [0.1, 0.15) is 24.0 Å². The Morgan fingerprint density at radius 2 is 1.73 bits per heavy atom. The van der Waals surface area contributed by atoms with Gasteiger partial charge in [0.05, 0.1) is 13.2 Å². The maximum Gasteiger partial charge on any atom is 0.133 e. The first-order valence-electron chi connectivity index (χ1n) is 5.49. The van der Waals surface area contributed by atoms with E-state index in [0.717, 1.165) is 61.5 Å². The molecule has 2 aliphatic heterocycles. The molecule has 3 rings (SSSR count). The SMILES string of the molecule is Oc1cc2c(c3c1CCCO3)CCCO2. The number of aromatic hydroxyl groups is 1. The summed E-state index contributed by atoms with van der Waals surface area (Å²) in [5, 5.41) is 9.85. The van der Waals surface area contributed by atoms with Crippen LogP contribution < -0.4 is 9.47 Å². The fraction of sp³-hybridized carbons (Fsp3) is 0.500. The average Bonchev–Trinajstić information content (AvgIpc) is 2.30. The van der Waals surface area contributed by atoms with Crippen LogP contribution in [0.25, 0.3) is 0 Å². The molecule has 1 aromatic carbocycles. The molecule has 1 aromatic rings. The summed E-state index contributed by atoms with van der Waals surface area (Å²) in [5.74, 6) is 2.01. The number of rotatable bonds is 0. The van der Waals surface area contributed by atoms with Crippen LogP contribution in [0.2, 0.25) is 0 Å². The highest BCUT2D eigenvalue weighted by Crippen LogP contribution is 2.43. The maximum absolute atomic E-state index is 9.85. The van der Waals surface area contributed by atoms with Crippen molar-refractivity contribution >= 4 is 0 Å². The fourth-order valence-electron chi connectivity index (χ4n) is 2.34. The Morgan fingerprint density at radius 3 is 2.60 bits per heavy atom. The number of fused-ring (bicyclic) bond motifs is 3. The minimum Gasteiger partial charge on any atom is -0.507 e. The second-order valence-electron chi connectivity index (χ2n) is 4.08. The van der Waals surface area contributed by atoms with Crippen molar-refractivity contribution in [2.24, 2.45) is 0 Å². The zero-order valence-corrected chi connectivity index (χ0v) is 8.58. The van der Waals surface area contributed by atoms with Crippen LogP contribution in [0.15, 0.2) is 6.07 Å². The van der Waals surface area contributed by atoms with Crippen LogP contribution in [0.3, 0.4) is 0 Å². The summed E-state index contributed by atoms with van der Waals surface area (Å²) < 4.78 is 11.2. The van der Waals surface area contributed by atoms with Crippen LogP contribution in [0.5, 0.6) is 17.2 Å². The minimum absolute atomic E-state index is 0.324. The topological polar surface area (TPSA) is 38.7 Å². The van der Waals surface area contributed by atoms with Crippen molar-refractivity contribution in [3.63, 3.8) is 0 Å². The first kappa shape index (κ1) is 8.89. The summed E-state index contributed by atoms with van der Waals surface area (Å²) in [6, 6.07) is 1.74. The lowest BCUT2D eigenvalue weighted by molar-refractivity contribution is 0.255. The van der Waals surface area contributed by atoms with E-state index in [2.05, 4.69) is 0 Å². The molecule has 15 heavy (non-hydrogen) atoms. The van der Waals surface area contributed by atoms with Crippen LogP contribution in [-0.2, 0) is 12.8 Å². The summed E-state index contributed by atoms with van der Waals surface area (Å²) in [6.45, 7) is 1.49. The lowest BCUT2D eigenvalue weighted by atomic mass is 9.96. The van der Waals surface area contributed by atoms with E-state index in [1.807, 2.05) is 0 Å². The quantitative estimate of drug-likeness (QED) is 0.706. The molecule has 80 valence electrons. The van der Waals surface area contributed by atoms with Crippen molar-refractivity contribution in [3.8, 4) is 17.2 Å². The molecular formula is C12H14O3. The lowest BCUT2D eigenvalue weighted by Gasteiger charge is -2.26. The van der Waals surface area contributed by atoms with Crippen molar-refractivity contribution in [2.75, 3.05) is 13.2 Å². The van der Waals surface area contributed by atoms with E-state index in [9.17, 15) is 5.11 Å². The van der Waals surface area contributed by atoms with Crippen molar-refractivity contribution < 1.29 is 14.6 Å². The van der Waals surface area contributed by atoms with Crippen molar-refractivity contribution in [2.45, 2.75) is 25.7 Å². The molecular weight excluding hydrogens is 192 g/mol. The first-order chi connectivity index (χ1) is 7.36. The smallest absolute Gasteiger partial charge is 0.133 e. The minimum atomic E-state index is 0.324. The summed E-state index contributed by atoms with van der Waals surface area (Å²) in [7, 11) is 0. The predicted molar refractivity (Wildman–Crippen MR) is 55.7 cm³/mol. The van der Waals surface area contributed by atoms with E-state index >= 15 is 0 Å².